The third-order valence-corrected chi connectivity index (χ3v) is 4.15. The number of tetrazole rings is 1. The predicted octanol–water partition coefficient (Wildman–Crippen LogP) is 3.47. The van der Waals surface area contributed by atoms with Crippen molar-refractivity contribution in [3.05, 3.63) is 23.2 Å². The molecule has 1 aliphatic carbocycles. The van der Waals surface area contributed by atoms with Crippen LogP contribution in [0.25, 0.3) is 11.4 Å². The highest BCUT2D eigenvalue weighted by atomic mass is 35.5. The van der Waals surface area contributed by atoms with Gasteiger partial charge in [-0.05, 0) is 41.5 Å². The molecule has 0 radical (unpaired) electrons. The third kappa shape index (κ3) is 2.63. The molecule has 1 aliphatic rings. The van der Waals surface area contributed by atoms with E-state index in [0.717, 1.165) is 24.2 Å². The fourth-order valence-electron chi connectivity index (χ4n) is 2.86. The molecule has 6 heteroatoms. The minimum atomic E-state index is 0.373. The maximum absolute atomic E-state index is 6.05. The highest BCUT2D eigenvalue weighted by Crippen LogP contribution is 2.32. The molecule has 1 saturated carbocycles. The number of anilines is 1. The smallest absolute Gasteiger partial charge is 0.184 e. The van der Waals surface area contributed by atoms with E-state index >= 15 is 0 Å². The minimum Gasteiger partial charge on any atom is -0.398 e. The molecule has 0 amide bonds. The van der Waals surface area contributed by atoms with E-state index in [0.29, 0.717) is 16.8 Å². The first-order valence-electron chi connectivity index (χ1n) is 7.09. The molecule has 0 bridgehead atoms. The molecule has 0 spiro atoms. The first-order valence-corrected chi connectivity index (χ1v) is 7.47. The number of rotatable bonds is 2. The first kappa shape index (κ1) is 13.4. The molecule has 0 aliphatic heterocycles. The zero-order valence-electron chi connectivity index (χ0n) is 11.3. The molecule has 2 N–H and O–H groups in total. The van der Waals surface area contributed by atoms with Crippen molar-refractivity contribution >= 4 is 17.3 Å². The first-order chi connectivity index (χ1) is 9.75. The van der Waals surface area contributed by atoms with Crippen LogP contribution in [-0.2, 0) is 0 Å². The van der Waals surface area contributed by atoms with Gasteiger partial charge in [0.1, 0.15) is 0 Å². The largest absolute Gasteiger partial charge is 0.398 e. The van der Waals surface area contributed by atoms with E-state index in [1.165, 1.54) is 25.7 Å². The Morgan fingerprint density at radius 2 is 1.90 bits per heavy atom. The van der Waals surface area contributed by atoms with Crippen LogP contribution in [0.3, 0.4) is 0 Å². The van der Waals surface area contributed by atoms with E-state index in [1.807, 2.05) is 16.8 Å². The number of nitrogens with zero attached hydrogens (tertiary/aromatic N) is 4. The summed E-state index contributed by atoms with van der Waals surface area (Å²) in [4.78, 5) is 0. The number of nitrogen functional groups attached to an aromatic ring is 1. The van der Waals surface area contributed by atoms with Gasteiger partial charge in [-0.1, -0.05) is 37.3 Å². The van der Waals surface area contributed by atoms with Gasteiger partial charge in [0.05, 0.1) is 6.04 Å². The summed E-state index contributed by atoms with van der Waals surface area (Å²) in [5.41, 5.74) is 7.51. The Morgan fingerprint density at radius 1 is 1.15 bits per heavy atom. The topological polar surface area (TPSA) is 69.6 Å². The van der Waals surface area contributed by atoms with Gasteiger partial charge in [0.25, 0.3) is 0 Å². The van der Waals surface area contributed by atoms with Crippen LogP contribution < -0.4 is 5.73 Å². The van der Waals surface area contributed by atoms with Crippen molar-refractivity contribution in [2.24, 2.45) is 0 Å². The normalized spacial score (nSPS) is 17.1. The maximum atomic E-state index is 6.05. The Bertz CT molecular complexity index is 587. The number of nitrogens with two attached hydrogens (primary N) is 1. The summed E-state index contributed by atoms with van der Waals surface area (Å²) in [7, 11) is 0. The second kappa shape index (κ2) is 5.79. The fourth-order valence-corrected chi connectivity index (χ4v) is 3.04. The van der Waals surface area contributed by atoms with Crippen molar-refractivity contribution < 1.29 is 0 Å². The number of hydrogen-bond donors (Lipinski definition) is 1. The van der Waals surface area contributed by atoms with Gasteiger partial charge in [-0.15, -0.1) is 5.10 Å². The van der Waals surface area contributed by atoms with Crippen LogP contribution in [0.2, 0.25) is 5.02 Å². The SMILES string of the molecule is Nc1cc(Cl)ccc1-c1nnnn1C1CCCCCC1. The summed E-state index contributed by atoms with van der Waals surface area (Å²) >= 11 is 5.95. The monoisotopic (exact) mass is 291 g/mol. The summed E-state index contributed by atoms with van der Waals surface area (Å²) in [6, 6.07) is 5.82. The average Bonchev–Trinajstić information content (AvgIpc) is 2.74. The summed E-state index contributed by atoms with van der Waals surface area (Å²) in [6.45, 7) is 0. The van der Waals surface area contributed by atoms with Gasteiger partial charge < -0.3 is 5.73 Å². The fraction of sp³-hybridized carbons (Fsp3) is 0.500. The van der Waals surface area contributed by atoms with Crippen LogP contribution in [0.4, 0.5) is 5.69 Å². The number of halogens is 1. The second-order valence-corrected chi connectivity index (χ2v) is 5.76. The molecule has 0 unspecified atom stereocenters. The van der Waals surface area contributed by atoms with E-state index in [1.54, 1.807) is 6.07 Å². The lowest BCUT2D eigenvalue weighted by Gasteiger charge is -2.16. The van der Waals surface area contributed by atoms with Crippen LogP contribution in [0.15, 0.2) is 18.2 Å². The van der Waals surface area contributed by atoms with E-state index in [-0.39, 0.29) is 0 Å². The molecule has 0 atom stereocenters. The molecule has 106 valence electrons. The summed E-state index contributed by atoms with van der Waals surface area (Å²) < 4.78 is 1.94. The third-order valence-electron chi connectivity index (χ3n) is 3.92. The molecule has 1 aromatic carbocycles. The number of aromatic nitrogens is 4. The van der Waals surface area contributed by atoms with Crippen molar-refractivity contribution in [1.29, 1.82) is 0 Å². The molecular weight excluding hydrogens is 274 g/mol. The van der Waals surface area contributed by atoms with Crippen molar-refractivity contribution in [3.8, 4) is 11.4 Å². The van der Waals surface area contributed by atoms with Crippen LogP contribution in [0, 0.1) is 0 Å². The van der Waals surface area contributed by atoms with Gasteiger partial charge in [0.15, 0.2) is 5.82 Å². The zero-order valence-corrected chi connectivity index (χ0v) is 12.1. The second-order valence-electron chi connectivity index (χ2n) is 5.32. The van der Waals surface area contributed by atoms with Crippen molar-refractivity contribution in [3.63, 3.8) is 0 Å². The molecule has 1 fully saturated rings. The molecule has 0 saturated heterocycles. The van der Waals surface area contributed by atoms with Gasteiger partial charge in [-0.25, -0.2) is 4.68 Å². The molecule has 20 heavy (non-hydrogen) atoms. The van der Waals surface area contributed by atoms with Crippen LogP contribution in [-0.4, -0.2) is 20.2 Å². The Hall–Kier alpha value is -1.62. The molecule has 1 heterocycles. The standard InChI is InChI=1S/C14H18ClN5/c15-10-7-8-12(13(16)9-10)14-17-18-19-20(14)11-5-3-1-2-4-6-11/h7-9,11H,1-6,16H2. The van der Waals surface area contributed by atoms with Crippen molar-refractivity contribution in [2.75, 3.05) is 5.73 Å². The Balaban J connectivity index is 1.96. The summed E-state index contributed by atoms with van der Waals surface area (Å²) in [5.74, 6) is 0.742. The van der Waals surface area contributed by atoms with Crippen LogP contribution in [0.1, 0.15) is 44.6 Å². The lowest BCUT2D eigenvalue weighted by atomic mass is 10.1. The Kier molecular flexibility index (Phi) is 3.87. The minimum absolute atomic E-state index is 0.373. The number of hydrogen-bond acceptors (Lipinski definition) is 4. The Morgan fingerprint density at radius 3 is 2.60 bits per heavy atom. The van der Waals surface area contributed by atoms with Crippen LogP contribution >= 0.6 is 11.6 Å². The van der Waals surface area contributed by atoms with Crippen molar-refractivity contribution in [1.82, 2.24) is 20.2 Å². The van der Waals surface area contributed by atoms with Gasteiger partial charge in [-0.3, -0.25) is 0 Å². The van der Waals surface area contributed by atoms with Gasteiger partial charge in [0, 0.05) is 16.3 Å². The quantitative estimate of drug-likeness (QED) is 0.679. The van der Waals surface area contributed by atoms with Gasteiger partial charge in [0.2, 0.25) is 0 Å². The summed E-state index contributed by atoms with van der Waals surface area (Å²) in [5, 5.41) is 12.8. The van der Waals surface area contributed by atoms with E-state index in [2.05, 4.69) is 15.5 Å². The van der Waals surface area contributed by atoms with E-state index in [9.17, 15) is 0 Å². The lowest BCUT2D eigenvalue weighted by Crippen LogP contribution is -2.12. The average molecular weight is 292 g/mol. The van der Waals surface area contributed by atoms with Crippen molar-refractivity contribution in [2.45, 2.75) is 44.6 Å². The van der Waals surface area contributed by atoms with Gasteiger partial charge in [-0.2, -0.15) is 0 Å². The van der Waals surface area contributed by atoms with Gasteiger partial charge >= 0.3 is 0 Å². The highest BCUT2D eigenvalue weighted by molar-refractivity contribution is 6.31. The lowest BCUT2D eigenvalue weighted by molar-refractivity contribution is 0.400. The molecule has 3 rings (SSSR count). The Labute approximate surface area is 123 Å². The molecular formula is C14H18ClN5. The molecule has 5 nitrogen and oxygen atoms in total. The van der Waals surface area contributed by atoms with E-state index < -0.39 is 0 Å². The van der Waals surface area contributed by atoms with Crippen LogP contribution in [0.5, 0.6) is 0 Å². The maximum Gasteiger partial charge on any atom is 0.184 e. The molecule has 1 aromatic heterocycles. The highest BCUT2D eigenvalue weighted by Gasteiger charge is 2.21. The number of benzene rings is 1. The zero-order chi connectivity index (χ0) is 13.9. The van der Waals surface area contributed by atoms with E-state index in [4.69, 9.17) is 17.3 Å². The predicted molar refractivity (Wildman–Crippen MR) is 79.4 cm³/mol. The summed E-state index contributed by atoms with van der Waals surface area (Å²) in [6.07, 6.45) is 7.34. The molecule has 2 aromatic rings.